The highest BCUT2D eigenvalue weighted by atomic mass is 32.1. The monoisotopic (exact) mass is 525 g/mol. The number of hydrogen-bond acceptors (Lipinski definition) is 6. The van der Waals surface area contributed by atoms with Gasteiger partial charge in [-0.25, -0.2) is 14.3 Å². The number of rotatable bonds is 6. The molecule has 10 heteroatoms. The number of carboxylic acid groups (broad SMARTS) is 1. The Morgan fingerprint density at radius 1 is 1.13 bits per heavy atom. The van der Waals surface area contributed by atoms with Crippen LogP contribution in [0.3, 0.4) is 0 Å². The molecule has 2 amide bonds. The van der Waals surface area contributed by atoms with Crippen LogP contribution in [0.15, 0.2) is 60.1 Å². The summed E-state index contributed by atoms with van der Waals surface area (Å²) >= 11 is 1.62. The molecule has 0 fully saturated rings. The molecule has 5 aromatic rings. The maximum atomic E-state index is 13.4. The van der Waals surface area contributed by atoms with E-state index in [1.54, 1.807) is 36.5 Å². The molecule has 3 aromatic heterocycles. The second kappa shape index (κ2) is 9.38. The van der Waals surface area contributed by atoms with Crippen LogP contribution in [0.5, 0.6) is 0 Å². The predicted molar refractivity (Wildman–Crippen MR) is 143 cm³/mol. The smallest absolute Gasteiger partial charge is 0.335 e. The van der Waals surface area contributed by atoms with Crippen LogP contribution in [0.25, 0.3) is 15.7 Å². The Labute approximate surface area is 221 Å². The van der Waals surface area contributed by atoms with Crippen molar-refractivity contribution in [3.8, 4) is 0 Å². The van der Waals surface area contributed by atoms with Gasteiger partial charge in [0.1, 0.15) is 11.4 Å². The lowest BCUT2D eigenvalue weighted by Crippen LogP contribution is -2.30. The highest BCUT2D eigenvalue weighted by molar-refractivity contribution is 7.17. The molecule has 3 N–H and O–H groups in total. The Kier molecular flexibility index (Phi) is 5.88. The SMILES string of the molecule is Cc1c(C(=O)O)ccc2c1CC[C@@H]2NC(=O)c1cc(C(=O)NCc2csc3ccccc23)nc2ccnn12. The van der Waals surface area contributed by atoms with E-state index in [4.69, 9.17) is 0 Å². The third-order valence-corrected chi connectivity index (χ3v) is 8.07. The summed E-state index contributed by atoms with van der Waals surface area (Å²) < 4.78 is 2.56. The number of thiophene rings is 1. The number of carboxylic acids is 1. The van der Waals surface area contributed by atoms with Crippen LogP contribution in [0, 0.1) is 6.92 Å². The summed E-state index contributed by atoms with van der Waals surface area (Å²) in [7, 11) is 0. The summed E-state index contributed by atoms with van der Waals surface area (Å²) in [4.78, 5) is 42.4. The molecule has 1 atom stereocenters. The first kappa shape index (κ1) is 23.8. The topological polar surface area (TPSA) is 126 Å². The summed E-state index contributed by atoms with van der Waals surface area (Å²) in [5.41, 5.74) is 4.58. The van der Waals surface area contributed by atoms with Crippen LogP contribution >= 0.6 is 11.3 Å². The number of amides is 2. The van der Waals surface area contributed by atoms with Crippen molar-refractivity contribution in [2.75, 3.05) is 0 Å². The Morgan fingerprint density at radius 2 is 1.97 bits per heavy atom. The van der Waals surface area contributed by atoms with Crippen molar-refractivity contribution in [2.45, 2.75) is 32.4 Å². The summed E-state index contributed by atoms with van der Waals surface area (Å²) in [6.07, 6.45) is 2.85. The van der Waals surface area contributed by atoms with Gasteiger partial charge in [0.25, 0.3) is 11.8 Å². The number of nitrogens with one attached hydrogen (secondary N) is 2. The average Bonchev–Trinajstić information content (AvgIpc) is 3.65. The number of hydrogen-bond donors (Lipinski definition) is 3. The van der Waals surface area contributed by atoms with Crippen molar-refractivity contribution in [1.29, 1.82) is 0 Å². The molecule has 38 heavy (non-hydrogen) atoms. The van der Waals surface area contributed by atoms with E-state index >= 15 is 0 Å². The van der Waals surface area contributed by atoms with Crippen LogP contribution in [0.4, 0.5) is 0 Å². The van der Waals surface area contributed by atoms with E-state index in [0.29, 0.717) is 25.0 Å². The fourth-order valence-electron chi connectivity index (χ4n) is 5.12. The van der Waals surface area contributed by atoms with E-state index < -0.39 is 11.9 Å². The lowest BCUT2D eigenvalue weighted by atomic mass is 9.98. The van der Waals surface area contributed by atoms with E-state index in [1.807, 2.05) is 29.6 Å². The predicted octanol–water partition coefficient (Wildman–Crippen LogP) is 4.30. The maximum absolute atomic E-state index is 13.4. The molecule has 3 heterocycles. The molecule has 0 spiro atoms. The van der Waals surface area contributed by atoms with Gasteiger partial charge in [0.2, 0.25) is 0 Å². The van der Waals surface area contributed by atoms with E-state index in [0.717, 1.165) is 32.3 Å². The quantitative estimate of drug-likeness (QED) is 0.304. The third kappa shape index (κ3) is 4.08. The van der Waals surface area contributed by atoms with Crippen LogP contribution in [0.2, 0.25) is 0 Å². The van der Waals surface area contributed by atoms with Crippen molar-refractivity contribution in [3.05, 3.63) is 99.3 Å². The van der Waals surface area contributed by atoms with Crippen molar-refractivity contribution in [1.82, 2.24) is 25.2 Å². The zero-order valence-corrected chi connectivity index (χ0v) is 21.2. The number of benzene rings is 2. The van der Waals surface area contributed by atoms with Crippen LogP contribution < -0.4 is 10.6 Å². The van der Waals surface area contributed by atoms with Crippen molar-refractivity contribution in [3.63, 3.8) is 0 Å². The molecule has 0 unspecified atom stereocenters. The first-order valence-corrected chi connectivity index (χ1v) is 13.0. The van der Waals surface area contributed by atoms with Gasteiger partial charge in [-0.15, -0.1) is 11.3 Å². The van der Waals surface area contributed by atoms with Gasteiger partial charge in [-0.1, -0.05) is 24.3 Å². The fourth-order valence-corrected chi connectivity index (χ4v) is 6.08. The number of fused-ring (bicyclic) bond motifs is 3. The number of carbonyl (C=O) groups is 3. The van der Waals surface area contributed by atoms with Gasteiger partial charge < -0.3 is 15.7 Å². The van der Waals surface area contributed by atoms with Gasteiger partial charge in [0.15, 0.2) is 5.65 Å². The van der Waals surface area contributed by atoms with Gasteiger partial charge >= 0.3 is 5.97 Å². The molecule has 0 aliphatic heterocycles. The van der Waals surface area contributed by atoms with Gasteiger partial charge in [-0.05, 0) is 64.9 Å². The minimum atomic E-state index is -0.964. The van der Waals surface area contributed by atoms with E-state index in [2.05, 4.69) is 20.7 Å². The second-order valence-corrected chi connectivity index (χ2v) is 10.2. The molecule has 0 saturated heterocycles. The fraction of sp³-hybridized carbons (Fsp3) is 0.179. The van der Waals surface area contributed by atoms with Gasteiger partial charge in [0, 0.05) is 23.4 Å². The van der Waals surface area contributed by atoms with Crippen LogP contribution in [0.1, 0.15) is 66.1 Å². The van der Waals surface area contributed by atoms with Gasteiger partial charge in [-0.3, -0.25) is 9.59 Å². The van der Waals surface area contributed by atoms with Crippen LogP contribution in [-0.2, 0) is 13.0 Å². The number of carbonyl (C=O) groups excluding carboxylic acids is 2. The summed E-state index contributed by atoms with van der Waals surface area (Å²) in [5.74, 6) is -1.74. The zero-order chi connectivity index (χ0) is 26.4. The Morgan fingerprint density at radius 3 is 2.82 bits per heavy atom. The molecular weight excluding hydrogens is 502 g/mol. The molecule has 0 radical (unpaired) electrons. The maximum Gasteiger partial charge on any atom is 0.335 e. The molecule has 1 aliphatic rings. The number of aromatic carboxylic acids is 1. The lowest BCUT2D eigenvalue weighted by Gasteiger charge is -2.16. The average molecular weight is 526 g/mol. The largest absolute Gasteiger partial charge is 0.478 e. The van der Waals surface area contributed by atoms with Gasteiger partial charge in [-0.2, -0.15) is 5.10 Å². The molecule has 2 aromatic carbocycles. The highest BCUT2D eigenvalue weighted by Gasteiger charge is 2.28. The second-order valence-electron chi connectivity index (χ2n) is 9.24. The van der Waals surface area contributed by atoms with E-state index in [1.165, 1.54) is 16.8 Å². The first-order chi connectivity index (χ1) is 18.4. The Hall–Kier alpha value is -4.57. The molecule has 1 aliphatic carbocycles. The molecule has 0 bridgehead atoms. The number of aromatic nitrogens is 3. The van der Waals surface area contributed by atoms with Crippen molar-refractivity contribution in [2.24, 2.45) is 0 Å². The summed E-state index contributed by atoms with van der Waals surface area (Å²) in [6.45, 7) is 2.14. The Balaban J connectivity index is 1.24. The highest BCUT2D eigenvalue weighted by Crippen LogP contribution is 2.35. The lowest BCUT2D eigenvalue weighted by molar-refractivity contribution is 0.0695. The van der Waals surface area contributed by atoms with Crippen molar-refractivity contribution >= 4 is 44.9 Å². The first-order valence-electron chi connectivity index (χ1n) is 12.2. The standard InChI is InChI=1S/C28H23N5O4S/c1-15-17-8-9-21(20(17)7-6-18(15)28(36)37)32-27(35)23-12-22(31-25-10-11-30-33(23)25)26(34)29-13-16-14-38-24-5-3-2-4-19(16)24/h2-7,10-12,14,21H,8-9,13H2,1H3,(H,29,34)(H,32,35)(H,36,37)/t21-/m0/s1. The third-order valence-electron chi connectivity index (χ3n) is 7.05. The van der Waals surface area contributed by atoms with E-state index in [9.17, 15) is 19.5 Å². The summed E-state index contributed by atoms with van der Waals surface area (Å²) in [6, 6.07) is 14.2. The van der Waals surface area contributed by atoms with Crippen LogP contribution in [-0.4, -0.2) is 37.5 Å². The molecular formula is C28H23N5O4S. The van der Waals surface area contributed by atoms with E-state index in [-0.39, 0.29) is 28.9 Å². The minimum absolute atomic E-state index is 0.122. The normalized spacial score (nSPS) is 14.5. The molecule has 190 valence electrons. The zero-order valence-electron chi connectivity index (χ0n) is 20.4. The Bertz CT molecular complexity index is 1760. The summed E-state index contributed by atoms with van der Waals surface area (Å²) in [5, 5.41) is 22.7. The van der Waals surface area contributed by atoms with Gasteiger partial charge in [0.05, 0.1) is 17.8 Å². The number of nitrogens with zero attached hydrogens (tertiary/aromatic N) is 3. The molecule has 0 saturated carbocycles. The van der Waals surface area contributed by atoms with Crippen molar-refractivity contribution < 1.29 is 19.5 Å². The molecule has 9 nitrogen and oxygen atoms in total. The minimum Gasteiger partial charge on any atom is -0.478 e. The molecule has 6 rings (SSSR count).